The van der Waals surface area contributed by atoms with Crippen LogP contribution in [0.15, 0.2) is 43.0 Å². The van der Waals surface area contributed by atoms with Gasteiger partial charge >= 0.3 is 6.72 Å². The van der Waals surface area contributed by atoms with Crippen LogP contribution in [0.1, 0.15) is 16.6 Å². The van der Waals surface area contributed by atoms with Crippen LogP contribution in [-0.2, 0) is 21.1 Å². The molecular formula is C17H19N6O6PS. The number of imidazole rings is 1. The summed E-state index contributed by atoms with van der Waals surface area (Å²) in [7, 11) is 0. The summed E-state index contributed by atoms with van der Waals surface area (Å²) in [6.07, 6.45) is -0.584. The van der Waals surface area contributed by atoms with Gasteiger partial charge in [-0.15, -0.1) is 0 Å². The molecule has 0 saturated carbocycles. The Bertz CT molecular complexity index is 1140. The third-order valence-corrected chi connectivity index (χ3v) is 5.57. The maximum Gasteiger partial charge on any atom is 0.321 e. The molecule has 1 fully saturated rings. The van der Waals surface area contributed by atoms with Gasteiger partial charge in [-0.3, -0.25) is 9.36 Å². The maximum atomic E-state index is 12.7. The normalized spacial score (nSPS) is 23.8. The highest BCUT2D eigenvalue weighted by Gasteiger charge is 2.46. The van der Waals surface area contributed by atoms with E-state index < -0.39 is 43.7 Å². The quantitative estimate of drug-likeness (QED) is 0.301. The molecule has 2 aromatic heterocycles. The topological polar surface area (TPSA) is 178 Å². The van der Waals surface area contributed by atoms with Crippen LogP contribution in [-0.4, -0.2) is 65.2 Å². The van der Waals surface area contributed by atoms with Crippen LogP contribution >= 0.6 is 6.72 Å². The van der Waals surface area contributed by atoms with Gasteiger partial charge in [-0.2, -0.15) is 0 Å². The fraction of sp³-hybridized carbons (Fsp3) is 0.294. The Morgan fingerprint density at radius 3 is 2.74 bits per heavy atom. The van der Waals surface area contributed by atoms with Gasteiger partial charge in [0.2, 0.25) is 0 Å². The fourth-order valence-corrected chi connectivity index (χ4v) is 3.85. The van der Waals surface area contributed by atoms with E-state index >= 15 is 0 Å². The first-order chi connectivity index (χ1) is 14.7. The molecule has 1 aromatic carbocycles. The molecule has 1 amide bonds. The van der Waals surface area contributed by atoms with Gasteiger partial charge in [0, 0.05) is 5.56 Å². The molecular weight excluding hydrogens is 447 g/mol. The van der Waals surface area contributed by atoms with Crippen molar-refractivity contribution in [3.8, 4) is 0 Å². The molecule has 31 heavy (non-hydrogen) atoms. The van der Waals surface area contributed by atoms with Crippen LogP contribution in [0.2, 0.25) is 0 Å². The number of hydrogen-bond acceptors (Lipinski definition) is 9. The minimum absolute atomic E-state index is 0.160. The number of nitrogens with two attached hydrogens (primary N) is 1. The number of carbonyl (C=O) groups excluding carboxylic acids is 1. The number of rotatable bonds is 6. The second kappa shape index (κ2) is 8.55. The van der Waals surface area contributed by atoms with Gasteiger partial charge in [-0.25, -0.2) is 15.0 Å². The average Bonchev–Trinajstić information content (AvgIpc) is 3.29. The van der Waals surface area contributed by atoms with E-state index in [1.807, 2.05) is 0 Å². The number of ether oxygens (including phenoxy) is 1. The van der Waals surface area contributed by atoms with Crippen LogP contribution in [0.3, 0.4) is 0 Å². The Labute approximate surface area is 180 Å². The van der Waals surface area contributed by atoms with Gasteiger partial charge in [-0.05, 0) is 23.9 Å². The molecule has 0 unspecified atom stereocenters. The predicted molar refractivity (Wildman–Crippen MR) is 112 cm³/mol. The van der Waals surface area contributed by atoms with Crippen LogP contribution in [0.25, 0.3) is 11.2 Å². The molecule has 0 radical (unpaired) electrons. The lowest BCUT2D eigenvalue weighted by atomic mass is 10.1. The van der Waals surface area contributed by atoms with Gasteiger partial charge in [-0.1, -0.05) is 18.2 Å². The smallest absolute Gasteiger partial charge is 0.321 e. The largest absolute Gasteiger partial charge is 0.388 e. The Morgan fingerprint density at radius 1 is 1.29 bits per heavy atom. The second-order valence-corrected chi connectivity index (χ2v) is 9.46. The number of anilines is 1. The van der Waals surface area contributed by atoms with Crippen molar-refractivity contribution in [1.29, 1.82) is 0 Å². The molecule has 6 N–H and O–H groups in total. The van der Waals surface area contributed by atoms with Crippen molar-refractivity contribution >= 4 is 41.4 Å². The van der Waals surface area contributed by atoms with Crippen molar-refractivity contribution in [1.82, 2.24) is 24.8 Å². The highest BCUT2D eigenvalue weighted by molar-refractivity contribution is 8.06. The number of aliphatic hydroxyl groups excluding tert-OH is 1. The molecule has 4 atom stereocenters. The standard InChI is InChI=1S/C17H19N6O6PS/c18-14-12-15(20-7-19-14)23(8-21-12)17-11(22-16(25)9-4-2-1-3-5-9)13(24)10(29-17)6-28-30(26,27)31/h1-5,7-8,10-11,13,17,24H,6H2,(H,22,25)(H2,18,19,20)(H2,26,27,31)/t10-,11-,13-,17-/m1/s1. The molecule has 1 saturated heterocycles. The highest BCUT2D eigenvalue weighted by Crippen LogP contribution is 2.39. The van der Waals surface area contributed by atoms with Crippen molar-refractivity contribution < 1.29 is 28.9 Å². The molecule has 1 aliphatic rings. The van der Waals surface area contributed by atoms with E-state index in [2.05, 4.69) is 32.1 Å². The van der Waals surface area contributed by atoms with Gasteiger partial charge < -0.3 is 35.2 Å². The molecule has 3 heterocycles. The zero-order chi connectivity index (χ0) is 22.2. The van der Waals surface area contributed by atoms with Gasteiger partial charge in [0.05, 0.1) is 12.9 Å². The zero-order valence-corrected chi connectivity index (χ0v) is 17.6. The summed E-state index contributed by atoms with van der Waals surface area (Å²) < 4.78 is 12.3. The molecule has 1 aliphatic heterocycles. The molecule has 0 spiro atoms. The van der Waals surface area contributed by atoms with Crippen molar-refractivity contribution in [3.05, 3.63) is 48.5 Å². The minimum atomic E-state index is -3.97. The van der Waals surface area contributed by atoms with Crippen LogP contribution < -0.4 is 11.1 Å². The van der Waals surface area contributed by atoms with Crippen LogP contribution in [0.5, 0.6) is 0 Å². The fourth-order valence-electron chi connectivity index (χ4n) is 3.33. The summed E-state index contributed by atoms with van der Waals surface area (Å²) in [5.41, 5.74) is 6.89. The van der Waals surface area contributed by atoms with E-state index in [9.17, 15) is 19.7 Å². The highest BCUT2D eigenvalue weighted by atomic mass is 32.5. The molecule has 0 aliphatic carbocycles. The lowest BCUT2D eigenvalue weighted by molar-refractivity contribution is -0.0408. The van der Waals surface area contributed by atoms with E-state index in [-0.39, 0.29) is 5.82 Å². The van der Waals surface area contributed by atoms with Crippen molar-refractivity contribution in [2.24, 2.45) is 0 Å². The third-order valence-electron chi connectivity index (χ3n) is 4.77. The van der Waals surface area contributed by atoms with Crippen molar-refractivity contribution in [2.75, 3.05) is 12.3 Å². The molecule has 12 nitrogen and oxygen atoms in total. The lowest BCUT2D eigenvalue weighted by Gasteiger charge is -2.23. The first-order valence-electron chi connectivity index (χ1n) is 9.07. The van der Waals surface area contributed by atoms with E-state index in [4.69, 9.17) is 15.0 Å². The molecule has 3 aromatic rings. The molecule has 4 rings (SSSR count). The van der Waals surface area contributed by atoms with Crippen LogP contribution in [0, 0.1) is 0 Å². The van der Waals surface area contributed by atoms with E-state index in [0.29, 0.717) is 16.7 Å². The molecule has 0 bridgehead atoms. The van der Waals surface area contributed by atoms with Crippen molar-refractivity contribution in [3.63, 3.8) is 0 Å². The molecule has 14 heteroatoms. The van der Waals surface area contributed by atoms with E-state index in [1.54, 1.807) is 30.3 Å². The number of amides is 1. The summed E-state index contributed by atoms with van der Waals surface area (Å²) >= 11 is 4.46. The number of aliphatic hydroxyl groups is 1. The van der Waals surface area contributed by atoms with Gasteiger partial charge in [0.25, 0.3) is 5.91 Å². The summed E-state index contributed by atoms with van der Waals surface area (Å²) in [5, 5.41) is 13.6. The summed E-state index contributed by atoms with van der Waals surface area (Å²) in [6.45, 7) is -4.37. The number of benzene rings is 1. The number of aromatic nitrogens is 4. The average molecular weight is 466 g/mol. The van der Waals surface area contributed by atoms with Crippen molar-refractivity contribution in [2.45, 2.75) is 24.5 Å². The minimum Gasteiger partial charge on any atom is -0.388 e. The number of carbonyl (C=O) groups is 1. The van der Waals surface area contributed by atoms with Gasteiger partial charge in [0.1, 0.15) is 30.1 Å². The van der Waals surface area contributed by atoms with Gasteiger partial charge in [0.15, 0.2) is 17.7 Å². The Balaban J connectivity index is 1.66. The zero-order valence-electron chi connectivity index (χ0n) is 15.8. The maximum absolute atomic E-state index is 12.7. The summed E-state index contributed by atoms with van der Waals surface area (Å²) in [5.74, 6) is -0.277. The number of nitrogens with one attached hydrogen (secondary N) is 1. The summed E-state index contributed by atoms with van der Waals surface area (Å²) in [4.78, 5) is 43.7. The SMILES string of the molecule is Nc1ncnc2c1ncn2[C@@H]1O[C@H](COP(O)(O)=S)[C@@H](O)[C@H]1NC(=O)c1ccccc1. The molecule has 164 valence electrons. The summed E-state index contributed by atoms with van der Waals surface area (Å²) in [6, 6.07) is 7.50. The predicted octanol–water partition coefficient (Wildman–Crippen LogP) is -0.309. The monoisotopic (exact) mass is 466 g/mol. The number of hydrogen-bond donors (Lipinski definition) is 5. The first-order valence-corrected chi connectivity index (χ1v) is 11.7. The second-order valence-electron chi connectivity index (χ2n) is 6.79. The van der Waals surface area contributed by atoms with Crippen LogP contribution in [0.4, 0.5) is 5.82 Å². The number of fused-ring (bicyclic) bond motifs is 1. The Kier molecular flexibility index (Phi) is 5.99. The number of nitrogen functional groups attached to an aromatic ring is 1. The van der Waals surface area contributed by atoms with E-state index in [1.165, 1.54) is 17.2 Å². The number of nitrogens with zero attached hydrogens (tertiary/aromatic N) is 4. The lowest BCUT2D eigenvalue weighted by Crippen LogP contribution is -2.46. The Morgan fingerprint density at radius 2 is 2.03 bits per heavy atom. The first kappa shape index (κ1) is 21.7. The Hall–Kier alpha value is -2.51. The third kappa shape index (κ3) is 4.57. The van der Waals surface area contributed by atoms with E-state index in [0.717, 1.165) is 0 Å².